The number of aryl methyl sites for hydroxylation is 1. The predicted molar refractivity (Wildman–Crippen MR) is 130 cm³/mol. The number of halogens is 1. The quantitative estimate of drug-likeness (QED) is 0.269. The molecule has 3 aromatic carbocycles. The van der Waals surface area contributed by atoms with Crippen LogP contribution in [0.25, 0.3) is 33.0 Å². The first kappa shape index (κ1) is 19.6. The molecule has 0 aliphatic heterocycles. The van der Waals surface area contributed by atoms with Crippen LogP contribution in [0.2, 0.25) is 0 Å². The molecule has 0 saturated carbocycles. The van der Waals surface area contributed by atoms with Crippen LogP contribution in [0.5, 0.6) is 0 Å². The fraction of sp³-hybridized carbons (Fsp3) is 0.154. The van der Waals surface area contributed by atoms with Crippen molar-refractivity contribution >= 4 is 44.5 Å². The van der Waals surface area contributed by atoms with E-state index >= 15 is 0 Å². The van der Waals surface area contributed by atoms with Gasteiger partial charge in [0.05, 0.1) is 0 Å². The lowest BCUT2D eigenvalue weighted by atomic mass is 9.85. The van der Waals surface area contributed by atoms with Crippen LogP contribution in [-0.4, -0.2) is 0 Å². The van der Waals surface area contributed by atoms with E-state index in [2.05, 4.69) is 112 Å². The summed E-state index contributed by atoms with van der Waals surface area (Å²) in [6, 6.07) is 15.5. The van der Waals surface area contributed by atoms with E-state index in [1.165, 1.54) is 53.3 Å². The molecule has 0 bridgehead atoms. The average Bonchev–Trinajstić information content (AvgIpc) is 2.60. The Balaban J connectivity index is 2.43. The second kappa shape index (κ2) is 7.85. The molecule has 3 rings (SSSR count). The minimum atomic E-state index is 1.09. The maximum Gasteiger partial charge on any atom is 0.0218 e. The summed E-state index contributed by atoms with van der Waals surface area (Å²) in [5.74, 6) is 0. The summed E-state index contributed by atoms with van der Waals surface area (Å²) in [6.45, 7) is 16.8. The SMILES string of the molecule is C=C/C=C(/C)c1cc(I)c(-c2cc(C)cc3ccccc23)c(C)c1C(=C)C. The molecule has 0 N–H and O–H groups in total. The summed E-state index contributed by atoms with van der Waals surface area (Å²) >= 11 is 2.48. The Hall–Kier alpha value is -2.13. The van der Waals surface area contributed by atoms with Crippen LogP contribution in [0.15, 0.2) is 67.8 Å². The molecule has 136 valence electrons. The zero-order chi connectivity index (χ0) is 19.7. The van der Waals surface area contributed by atoms with E-state index in [4.69, 9.17) is 0 Å². The van der Waals surface area contributed by atoms with Gasteiger partial charge in [0.15, 0.2) is 0 Å². The van der Waals surface area contributed by atoms with E-state index in [1.54, 1.807) is 0 Å². The van der Waals surface area contributed by atoms with Gasteiger partial charge in [0, 0.05) is 3.57 Å². The summed E-state index contributed by atoms with van der Waals surface area (Å²) < 4.78 is 1.26. The van der Waals surface area contributed by atoms with Crippen molar-refractivity contribution in [3.63, 3.8) is 0 Å². The first-order valence-corrected chi connectivity index (χ1v) is 10.2. The molecule has 0 atom stereocenters. The molecular weight excluding hydrogens is 439 g/mol. The number of hydrogen-bond donors (Lipinski definition) is 0. The van der Waals surface area contributed by atoms with Crippen molar-refractivity contribution in [1.29, 1.82) is 0 Å². The molecule has 0 aliphatic rings. The lowest BCUT2D eigenvalue weighted by molar-refractivity contribution is 1.36. The normalized spacial score (nSPS) is 11.7. The third-order valence-electron chi connectivity index (χ3n) is 5.02. The van der Waals surface area contributed by atoms with Crippen LogP contribution >= 0.6 is 22.6 Å². The van der Waals surface area contributed by atoms with Gasteiger partial charge in [-0.1, -0.05) is 67.3 Å². The van der Waals surface area contributed by atoms with Crippen molar-refractivity contribution in [2.24, 2.45) is 0 Å². The van der Waals surface area contributed by atoms with Gasteiger partial charge in [-0.05, 0) is 106 Å². The lowest BCUT2D eigenvalue weighted by Crippen LogP contribution is -2.00. The third kappa shape index (κ3) is 3.66. The smallest absolute Gasteiger partial charge is 0.0218 e. The predicted octanol–water partition coefficient (Wildman–Crippen LogP) is 8.35. The Kier molecular flexibility index (Phi) is 5.71. The fourth-order valence-corrected chi connectivity index (χ4v) is 4.91. The van der Waals surface area contributed by atoms with Crippen LogP contribution in [0, 0.1) is 17.4 Å². The highest BCUT2D eigenvalue weighted by atomic mass is 127. The van der Waals surface area contributed by atoms with Gasteiger partial charge in [-0.2, -0.15) is 0 Å². The van der Waals surface area contributed by atoms with E-state index in [0.717, 1.165) is 5.57 Å². The number of benzene rings is 3. The third-order valence-corrected chi connectivity index (χ3v) is 5.87. The highest BCUT2D eigenvalue weighted by Crippen LogP contribution is 2.40. The van der Waals surface area contributed by atoms with Crippen molar-refractivity contribution in [2.75, 3.05) is 0 Å². The average molecular weight is 464 g/mol. The van der Waals surface area contributed by atoms with E-state index in [-0.39, 0.29) is 0 Å². The first-order chi connectivity index (χ1) is 12.8. The molecule has 0 nitrogen and oxygen atoms in total. The van der Waals surface area contributed by atoms with E-state index in [1.807, 2.05) is 6.08 Å². The number of hydrogen-bond acceptors (Lipinski definition) is 0. The maximum atomic E-state index is 4.28. The topological polar surface area (TPSA) is 0 Å². The molecular formula is C26H25I. The van der Waals surface area contributed by atoms with Gasteiger partial charge in [-0.3, -0.25) is 0 Å². The fourth-order valence-electron chi connectivity index (χ4n) is 3.90. The molecule has 0 heterocycles. The Labute approximate surface area is 176 Å². The standard InChI is InChI=1S/C26H25I/c1-7-10-18(5)22-15-24(27)26(19(6)25(22)16(2)3)23-14-17(4)13-20-11-8-9-12-21(20)23/h7-15H,1-2H2,3-6H3/b18-10-. The number of rotatable bonds is 4. The molecule has 0 aromatic heterocycles. The maximum absolute atomic E-state index is 4.28. The van der Waals surface area contributed by atoms with Gasteiger partial charge in [-0.25, -0.2) is 0 Å². The Bertz CT molecular complexity index is 1100. The summed E-state index contributed by atoms with van der Waals surface area (Å²) in [6.07, 6.45) is 3.92. The molecule has 3 aromatic rings. The van der Waals surface area contributed by atoms with Crippen molar-refractivity contribution in [3.8, 4) is 11.1 Å². The summed E-state index contributed by atoms with van der Waals surface area (Å²) in [7, 11) is 0. The summed E-state index contributed by atoms with van der Waals surface area (Å²) in [5, 5.41) is 2.58. The second-order valence-corrected chi connectivity index (χ2v) is 8.34. The first-order valence-electron chi connectivity index (χ1n) is 9.13. The van der Waals surface area contributed by atoms with Crippen LogP contribution < -0.4 is 0 Å². The van der Waals surface area contributed by atoms with Crippen molar-refractivity contribution in [3.05, 3.63) is 93.6 Å². The zero-order valence-electron chi connectivity index (χ0n) is 16.5. The van der Waals surface area contributed by atoms with Crippen molar-refractivity contribution in [1.82, 2.24) is 0 Å². The second-order valence-electron chi connectivity index (χ2n) is 7.18. The minimum absolute atomic E-state index is 1.09. The van der Waals surface area contributed by atoms with Gasteiger partial charge in [0.1, 0.15) is 0 Å². The van der Waals surface area contributed by atoms with E-state index in [9.17, 15) is 0 Å². The molecule has 0 fully saturated rings. The summed E-state index contributed by atoms with van der Waals surface area (Å²) in [5.41, 5.74) is 9.96. The molecule has 0 saturated heterocycles. The zero-order valence-corrected chi connectivity index (χ0v) is 18.6. The van der Waals surface area contributed by atoms with Crippen LogP contribution in [0.3, 0.4) is 0 Å². The number of allylic oxidation sites excluding steroid dienone is 4. The van der Waals surface area contributed by atoms with Gasteiger partial charge in [-0.15, -0.1) is 0 Å². The van der Waals surface area contributed by atoms with Gasteiger partial charge >= 0.3 is 0 Å². The molecule has 0 unspecified atom stereocenters. The Morgan fingerprint density at radius 1 is 1.04 bits per heavy atom. The molecule has 0 radical (unpaired) electrons. The van der Waals surface area contributed by atoms with Crippen LogP contribution in [-0.2, 0) is 0 Å². The molecule has 0 aliphatic carbocycles. The van der Waals surface area contributed by atoms with Crippen molar-refractivity contribution < 1.29 is 0 Å². The largest absolute Gasteiger partial charge is 0.0991 e. The van der Waals surface area contributed by atoms with E-state index in [0.29, 0.717) is 0 Å². The van der Waals surface area contributed by atoms with Gasteiger partial charge < -0.3 is 0 Å². The molecule has 0 amide bonds. The van der Waals surface area contributed by atoms with Gasteiger partial charge in [0.25, 0.3) is 0 Å². The van der Waals surface area contributed by atoms with E-state index < -0.39 is 0 Å². The highest BCUT2D eigenvalue weighted by Gasteiger charge is 2.18. The molecule has 1 heteroatoms. The Morgan fingerprint density at radius 3 is 2.41 bits per heavy atom. The van der Waals surface area contributed by atoms with Crippen LogP contribution in [0.1, 0.15) is 36.1 Å². The number of fused-ring (bicyclic) bond motifs is 1. The minimum Gasteiger partial charge on any atom is -0.0991 e. The molecule has 0 spiro atoms. The molecule has 27 heavy (non-hydrogen) atoms. The Morgan fingerprint density at radius 2 is 1.74 bits per heavy atom. The van der Waals surface area contributed by atoms with Gasteiger partial charge in [0.2, 0.25) is 0 Å². The highest BCUT2D eigenvalue weighted by molar-refractivity contribution is 14.1. The monoisotopic (exact) mass is 464 g/mol. The van der Waals surface area contributed by atoms with Crippen molar-refractivity contribution in [2.45, 2.75) is 27.7 Å². The summed E-state index contributed by atoms with van der Waals surface area (Å²) in [4.78, 5) is 0. The lowest BCUT2D eigenvalue weighted by Gasteiger charge is -2.21. The van der Waals surface area contributed by atoms with Crippen LogP contribution in [0.4, 0.5) is 0 Å².